The molecule has 0 amide bonds. The van der Waals surface area contributed by atoms with E-state index in [9.17, 15) is 0 Å². The van der Waals surface area contributed by atoms with Crippen LogP contribution in [0.25, 0.3) is 0 Å². The molecule has 2 rings (SSSR count). The van der Waals surface area contributed by atoms with Crippen molar-refractivity contribution >= 4 is 0 Å². The topological polar surface area (TPSA) is 38.9 Å². The summed E-state index contributed by atoms with van der Waals surface area (Å²) in [5.74, 6) is 0. The van der Waals surface area contributed by atoms with Gasteiger partial charge in [-0.05, 0) is 35.6 Å². The van der Waals surface area contributed by atoms with Crippen molar-refractivity contribution in [2.24, 2.45) is 5.73 Å². The zero-order valence-corrected chi connectivity index (χ0v) is 12.1. The van der Waals surface area contributed by atoms with Gasteiger partial charge in [-0.2, -0.15) is 0 Å². The van der Waals surface area contributed by atoms with Crippen molar-refractivity contribution in [2.75, 3.05) is 0 Å². The molecule has 2 heteroatoms. The largest absolute Gasteiger partial charge is 0.319 e. The normalized spacial score (nSPS) is 13.3. The van der Waals surface area contributed by atoms with E-state index >= 15 is 0 Å². The average Bonchev–Trinajstić information content (AvgIpc) is 2.37. The van der Waals surface area contributed by atoms with Gasteiger partial charge in [0, 0.05) is 5.69 Å². The van der Waals surface area contributed by atoms with Gasteiger partial charge < -0.3 is 5.73 Å². The van der Waals surface area contributed by atoms with E-state index in [0.717, 1.165) is 17.0 Å². The van der Waals surface area contributed by atoms with Crippen molar-refractivity contribution in [1.29, 1.82) is 0 Å². The Bertz CT molecular complexity index is 550. The van der Waals surface area contributed by atoms with Crippen LogP contribution < -0.4 is 5.73 Å². The van der Waals surface area contributed by atoms with Gasteiger partial charge in [0.05, 0.1) is 11.7 Å². The van der Waals surface area contributed by atoms with Crippen LogP contribution in [0.5, 0.6) is 0 Å². The number of rotatable bonds is 2. The molecule has 1 aromatic carbocycles. The minimum Gasteiger partial charge on any atom is -0.319 e. The molecule has 1 unspecified atom stereocenters. The van der Waals surface area contributed by atoms with Crippen molar-refractivity contribution in [3.05, 3.63) is 65.0 Å². The third-order valence-corrected chi connectivity index (χ3v) is 3.36. The Kier molecular flexibility index (Phi) is 3.72. The molecule has 2 nitrogen and oxygen atoms in total. The third-order valence-electron chi connectivity index (χ3n) is 3.36. The summed E-state index contributed by atoms with van der Waals surface area (Å²) in [5.41, 5.74) is 10.8. The number of benzene rings is 1. The van der Waals surface area contributed by atoms with Crippen LogP contribution in [0.3, 0.4) is 0 Å². The zero-order chi connectivity index (χ0) is 14.0. The standard InChI is InChI=1S/C17H22N2/c1-12-6-5-7-15(19-12)16(18)13-8-10-14(11-9-13)17(2,3)4/h5-11,16H,18H2,1-4H3. The lowest BCUT2D eigenvalue weighted by molar-refractivity contribution is 0.589. The highest BCUT2D eigenvalue weighted by Crippen LogP contribution is 2.25. The molecule has 0 fully saturated rings. The molecule has 0 bridgehead atoms. The Labute approximate surface area is 115 Å². The molecule has 2 N–H and O–H groups in total. The van der Waals surface area contributed by atoms with Crippen molar-refractivity contribution in [3.63, 3.8) is 0 Å². The maximum absolute atomic E-state index is 6.28. The number of aryl methyl sites for hydroxylation is 1. The second-order valence-corrected chi connectivity index (χ2v) is 6.05. The summed E-state index contributed by atoms with van der Waals surface area (Å²) in [5, 5.41) is 0. The fraction of sp³-hybridized carbons (Fsp3) is 0.353. The van der Waals surface area contributed by atoms with Crippen molar-refractivity contribution in [1.82, 2.24) is 4.98 Å². The third kappa shape index (κ3) is 3.21. The first-order valence-electron chi connectivity index (χ1n) is 6.67. The SMILES string of the molecule is Cc1cccc(C(N)c2ccc(C(C)(C)C)cc2)n1. The molecular formula is C17H22N2. The lowest BCUT2D eigenvalue weighted by atomic mass is 9.86. The van der Waals surface area contributed by atoms with E-state index < -0.39 is 0 Å². The van der Waals surface area contributed by atoms with Gasteiger partial charge in [-0.25, -0.2) is 0 Å². The van der Waals surface area contributed by atoms with Crippen molar-refractivity contribution in [3.8, 4) is 0 Å². The van der Waals surface area contributed by atoms with Gasteiger partial charge >= 0.3 is 0 Å². The maximum Gasteiger partial charge on any atom is 0.0726 e. The van der Waals surface area contributed by atoms with E-state index in [1.165, 1.54) is 5.56 Å². The fourth-order valence-corrected chi connectivity index (χ4v) is 2.10. The van der Waals surface area contributed by atoms with Crippen LogP contribution >= 0.6 is 0 Å². The molecule has 0 aliphatic heterocycles. The summed E-state index contributed by atoms with van der Waals surface area (Å²) >= 11 is 0. The van der Waals surface area contributed by atoms with Gasteiger partial charge in [-0.1, -0.05) is 51.1 Å². The second kappa shape index (κ2) is 5.14. The van der Waals surface area contributed by atoms with E-state index in [1.807, 2.05) is 25.1 Å². The van der Waals surface area contributed by atoms with Gasteiger partial charge in [-0.3, -0.25) is 4.98 Å². The summed E-state index contributed by atoms with van der Waals surface area (Å²) in [6.07, 6.45) is 0. The predicted molar refractivity (Wildman–Crippen MR) is 80.1 cm³/mol. The van der Waals surface area contributed by atoms with Crippen LogP contribution in [0, 0.1) is 6.92 Å². The molecular weight excluding hydrogens is 232 g/mol. The second-order valence-electron chi connectivity index (χ2n) is 6.05. The van der Waals surface area contributed by atoms with E-state index in [4.69, 9.17) is 5.73 Å². The Morgan fingerprint density at radius 3 is 2.16 bits per heavy atom. The highest BCUT2D eigenvalue weighted by molar-refractivity contribution is 5.33. The van der Waals surface area contributed by atoms with Crippen LogP contribution in [-0.2, 0) is 5.41 Å². The van der Waals surface area contributed by atoms with Gasteiger partial charge in [0.1, 0.15) is 0 Å². The molecule has 1 heterocycles. The fourth-order valence-electron chi connectivity index (χ4n) is 2.10. The van der Waals surface area contributed by atoms with Crippen LogP contribution in [0.2, 0.25) is 0 Å². The summed E-state index contributed by atoms with van der Waals surface area (Å²) < 4.78 is 0. The maximum atomic E-state index is 6.28. The van der Waals surface area contributed by atoms with Gasteiger partial charge in [0.15, 0.2) is 0 Å². The van der Waals surface area contributed by atoms with Gasteiger partial charge in [0.2, 0.25) is 0 Å². The molecule has 1 atom stereocenters. The molecule has 2 aromatic rings. The number of nitrogens with two attached hydrogens (primary N) is 1. The quantitative estimate of drug-likeness (QED) is 0.886. The van der Waals surface area contributed by atoms with E-state index in [2.05, 4.69) is 50.0 Å². The molecule has 0 spiro atoms. The lowest BCUT2D eigenvalue weighted by Crippen LogP contribution is -2.15. The van der Waals surface area contributed by atoms with Crippen molar-refractivity contribution in [2.45, 2.75) is 39.2 Å². The number of aromatic nitrogens is 1. The van der Waals surface area contributed by atoms with Crippen LogP contribution in [-0.4, -0.2) is 4.98 Å². The summed E-state index contributed by atoms with van der Waals surface area (Å²) in [7, 11) is 0. The van der Waals surface area contributed by atoms with Gasteiger partial charge in [-0.15, -0.1) is 0 Å². The Balaban J connectivity index is 2.27. The van der Waals surface area contributed by atoms with Crippen LogP contribution in [0.15, 0.2) is 42.5 Å². The molecule has 0 radical (unpaired) electrons. The number of hydrogen-bond acceptors (Lipinski definition) is 2. The molecule has 100 valence electrons. The Morgan fingerprint density at radius 1 is 1.00 bits per heavy atom. The smallest absolute Gasteiger partial charge is 0.0726 e. The minimum absolute atomic E-state index is 0.158. The minimum atomic E-state index is -0.158. The molecule has 0 aliphatic rings. The summed E-state index contributed by atoms with van der Waals surface area (Å²) in [6.45, 7) is 8.62. The number of hydrogen-bond donors (Lipinski definition) is 1. The Hall–Kier alpha value is -1.67. The van der Waals surface area contributed by atoms with E-state index in [0.29, 0.717) is 0 Å². The highest BCUT2D eigenvalue weighted by Gasteiger charge is 2.15. The van der Waals surface area contributed by atoms with Crippen molar-refractivity contribution < 1.29 is 0 Å². The van der Waals surface area contributed by atoms with Gasteiger partial charge in [0.25, 0.3) is 0 Å². The highest BCUT2D eigenvalue weighted by atomic mass is 14.8. The average molecular weight is 254 g/mol. The summed E-state index contributed by atoms with van der Waals surface area (Å²) in [4.78, 5) is 4.50. The Morgan fingerprint density at radius 2 is 1.63 bits per heavy atom. The molecule has 0 saturated carbocycles. The molecule has 19 heavy (non-hydrogen) atoms. The lowest BCUT2D eigenvalue weighted by Gasteiger charge is -2.20. The number of nitrogens with zero attached hydrogens (tertiary/aromatic N) is 1. The molecule has 1 aromatic heterocycles. The van der Waals surface area contributed by atoms with Crippen LogP contribution in [0.1, 0.15) is 49.3 Å². The zero-order valence-electron chi connectivity index (χ0n) is 12.1. The summed E-state index contributed by atoms with van der Waals surface area (Å²) in [6, 6.07) is 14.3. The molecule has 0 aliphatic carbocycles. The first kappa shape index (κ1) is 13.8. The first-order chi connectivity index (χ1) is 8.88. The van der Waals surface area contributed by atoms with E-state index in [-0.39, 0.29) is 11.5 Å². The molecule has 0 saturated heterocycles. The van der Waals surface area contributed by atoms with E-state index in [1.54, 1.807) is 0 Å². The predicted octanol–water partition coefficient (Wildman–Crippen LogP) is 3.74. The monoisotopic (exact) mass is 254 g/mol. The van der Waals surface area contributed by atoms with Crippen LogP contribution in [0.4, 0.5) is 0 Å². The first-order valence-corrected chi connectivity index (χ1v) is 6.67. The number of pyridine rings is 1.